The molecule has 4 rings (SSSR count). The van der Waals surface area contributed by atoms with E-state index in [9.17, 15) is 9.59 Å². The van der Waals surface area contributed by atoms with Crippen LogP contribution in [0.5, 0.6) is 0 Å². The first-order valence-corrected chi connectivity index (χ1v) is 10.9. The number of carbonyl (C=O) groups is 1. The zero-order valence-corrected chi connectivity index (χ0v) is 17.9. The van der Waals surface area contributed by atoms with E-state index in [-0.39, 0.29) is 17.5 Å². The van der Waals surface area contributed by atoms with Crippen molar-refractivity contribution in [2.45, 2.75) is 38.8 Å². The van der Waals surface area contributed by atoms with Gasteiger partial charge in [0.25, 0.3) is 11.5 Å². The molecule has 3 heterocycles. The lowest BCUT2D eigenvalue weighted by molar-refractivity contribution is 0.0136. The van der Waals surface area contributed by atoms with Crippen molar-refractivity contribution in [3.05, 3.63) is 69.6 Å². The fraction of sp³-hybridized carbons (Fsp3) is 0.500. The van der Waals surface area contributed by atoms with Crippen molar-refractivity contribution in [2.24, 2.45) is 0 Å². The van der Waals surface area contributed by atoms with Gasteiger partial charge in [0.1, 0.15) is 5.56 Å². The van der Waals surface area contributed by atoms with E-state index in [2.05, 4.69) is 4.90 Å². The van der Waals surface area contributed by atoms with Crippen LogP contribution < -0.4 is 5.56 Å². The van der Waals surface area contributed by atoms with Gasteiger partial charge in [-0.05, 0) is 43.9 Å². The van der Waals surface area contributed by atoms with Crippen molar-refractivity contribution in [2.75, 3.05) is 39.4 Å². The van der Waals surface area contributed by atoms with E-state index >= 15 is 0 Å². The van der Waals surface area contributed by atoms with Gasteiger partial charge in [0.15, 0.2) is 0 Å². The summed E-state index contributed by atoms with van der Waals surface area (Å²) in [7, 11) is 0. The number of pyridine rings is 1. The highest BCUT2D eigenvalue weighted by Gasteiger charge is 2.29. The molecule has 6 nitrogen and oxygen atoms in total. The number of hydrogen-bond acceptors (Lipinski definition) is 4. The number of nitrogens with zero attached hydrogens (tertiary/aromatic N) is 3. The van der Waals surface area contributed by atoms with Crippen LogP contribution >= 0.6 is 0 Å². The second-order valence-corrected chi connectivity index (χ2v) is 8.34. The third kappa shape index (κ3) is 4.20. The lowest BCUT2D eigenvalue weighted by atomic mass is 10.0. The molecule has 2 aliphatic rings. The first-order chi connectivity index (χ1) is 14.6. The number of carbonyl (C=O) groups excluding carboxylic acids is 1. The van der Waals surface area contributed by atoms with Crippen LogP contribution in [0.2, 0.25) is 0 Å². The number of aromatic nitrogens is 1. The van der Waals surface area contributed by atoms with Crippen LogP contribution in [-0.4, -0.2) is 65.7 Å². The Bertz CT molecular complexity index is 926. The lowest BCUT2D eigenvalue weighted by Gasteiger charge is -2.40. The molecular formula is C24H31N3O3. The Morgan fingerprint density at radius 2 is 1.70 bits per heavy atom. The average molecular weight is 410 g/mol. The molecule has 0 aliphatic carbocycles. The predicted octanol–water partition coefficient (Wildman–Crippen LogP) is 2.70. The molecule has 30 heavy (non-hydrogen) atoms. The Kier molecular flexibility index (Phi) is 6.35. The monoisotopic (exact) mass is 409 g/mol. The quantitative estimate of drug-likeness (QED) is 0.779. The highest BCUT2D eigenvalue weighted by atomic mass is 16.5. The summed E-state index contributed by atoms with van der Waals surface area (Å²) in [6.07, 6.45) is 3.93. The standard InChI is InChI=1S/C24H31N3O3/c1-18-8-11-27(19(2)20-6-4-3-5-7-20)24(29)22(18)23(28)26-14-12-25(13-15-26)21-9-16-30-17-10-21/h3-8,11,19,21H,9-10,12-17H2,1-2H3. The van der Waals surface area contributed by atoms with Crippen molar-refractivity contribution < 1.29 is 9.53 Å². The number of amides is 1. The summed E-state index contributed by atoms with van der Waals surface area (Å²) in [6, 6.07) is 12.2. The molecule has 1 aromatic heterocycles. The van der Waals surface area contributed by atoms with Crippen molar-refractivity contribution in [3.63, 3.8) is 0 Å². The number of hydrogen-bond donors (Lipinski definition) is 0. The Labute approximate surface area is 178 Å². The van der Waals surface area contributed by atoms with Gasteiger partial charge in [0.2, 0.25) is 0 Å². The SMILES string of the molecule is Cc1ccn(C(C)c2ccccc2)c(=O)c1C(=O)N1CCN(C2CCOCC2)CC1. The predicted molar refractivity (Wildman–Crippen MR) is 117 cm³/mol. The molecule has 0 saturated carbocycles. The normalized spacial score (nSPS) is 19.6. The van der Waals surface area contributed by atoms with Gasteiger partial charge in [-0.15, -0.1) is 0 Å². The van der Waals surface area contributed by atoms with E-state index < -0.39 is 0 Å². The van der Waals surface area contributed by atoms with E-state index in [1.54, 1.807) is 10.8 Å². The van der Waals surface area contributed by atoms with Crippen LogP contribution in [0.25, 0.3) is 0 Å². The molecule has 0 radical (unpaired) electrons. The number of ether oxygens (including phenoxy) is 1. The highest BCUT2D eigenvalue weighted by molar-refractivity contribution is 5.95. The summed E-state index contributed by atoms with van der Waals surface area (Å²) in [5.41, 5.74) is 1.89. The van der Waals surface area contributed by atoms with Crippen molar-refractivity contribution in [1.82, 2.24) is 14.4 Å². The van der Waals surface area contributed by atoms with Gasteiger partial charge in [-0.2, -0.15) is 0 Å². The zero-order valence-electron chi connectivity index (χ0n) is 17.9. The fourth-order valence-corrected chi connectivity index (χ4v) is 4.60. The second-order valence-electron chi connectivity index (χ2n) is 8.34. The van der Waals surface area contributed by atoms with Crippen LogP contribution in [0, 0.1) is 6.92 Å². The molecule has 2 aromatic rings. The number of piperazine rings is 1. The van der Waals surface area contributed by atoms with E-state index in [4.69, 9.17) is 4.74 Å². The minimum atomic E-state index is -0.205. The smallest absolute Gasteiger partial charge is 0.264 e. The van der Waals surface area contributed by atoms with E-state index in [0.717, 1.165) is 50.3 Å². The maximum absolute atomic E-state index is 13.3. The molecule has 0 spiro atoms. The fourth-order valence-electron chi connectivity index (χ4n) is 4.60. The number of rotatable bonds is 4. The van der Waals surface area contributed by atoms with Gasteiger partial charge in [0, 0.05) is 51.6 Å². The molecule has 160 valence electrons. The van der Waals surface area contributed by atoms with Gasteiger partial charge < -0.3 is 14.2 Å². The van der Waals surface area contributed by atoms with E-state index in [0.29, 0.717) is 24.7 Å². The van der Waals surface area contributed by atoms with Gasteiger partial charge in [-0.1, -0.05) is 30.3 Å². The highest BCUT2D eigenvalue weighted by Crippen LogP contribution is 2.19. The Morgan fingerprint density at radius 1 is 1.03 bits per heavy atom. The summed E-state index contributed by atoms with van der Waals surface area (Å²) in [5, 5.41) is 0. The minimum absolute atomic E-state index is 0.129. The van der Waals surface area contributed by atoms with E-state index in [1.165, 1.54) is 0 Å². The molecule has 1 aromatic carbocycles. The maximum Gasteiger partial charge on any atom is 0.264 e. The summed E-state index contributed by atoms with van der Waals surface area (Å²) in [6.45, 7) is 8.54. The third-order valence-corrected chi connectivity index (χ3v) is 6.55. The van der Waals surface area contributed by atoms with Gasteiger partial charge in [0.05, 0.1) is 6.04 Å². The molecule has 2 fully saturated rings. The Balaban J connectivity index is 1.51. The van der Waals surface area contributed by atoms with Gasteiger partial charge in [-0.25, -0.2) is 0 Å². The first kappa shape index (κ1) is 20.8. The average Bonchev–Trinajstić information content (AvgIpc) is 2.80. The molecule has 0 bridgehead atoms. The van der Waals surface area contributed by atoms with Crippen molar-refractivity contribution in [1.29, 1.82) is 0 Å². The minimum Gasteiger partial charge on any atom is -0.381 e. The molecule has 0 N–H and O–H groups in total. The molecule has 2 saturated heterocycles. The van der Waals surface area contributed by atoms with Crippen molar-refractivity contribution >= 4 is 5.91 Å². The lowest BCUT2D eigenvalue weighted by Crippen LogP contribution is -2.53. The topological polar surface area (TPSA) is 54.8 Å². The van der Waals surface area contributed by atoms with E-state index in [1.807, 2.05) is 55.1 Å². The number of aryl methyl sites for hydroxylation is 1. The summed E-state index contributed by atoms with van der Waals surface area (Å²) in [5.74, 6) is -0.140. The zero-order chi connectivity index (χ0) is 21.1. The molecule has 2 aliphatic heterocycles. The second kappa shape index (κ2) is 9.14. The molecule has 1 amide bonds. The van der Waals surface area contributed by atoms with Crippen LogP contribution in [-0.2, 0) is 4.74 Å². The van der Waals surface area contributed by atoms with Gasteiger partial charge >= 0.3 is 0 Å². The maximum atomic E-state index is 13.3. The first-order valence-electron chi connectivity index (χ1n) is 10.9. The molecule has 1 atom stereocenters. The molecule has 1 unspecified atom stereocenters. The van der Waals surface area contributed by atoms with Crippen LogP contribution in [0.15, 0.2) is 47.4 Å². The van der Waals surface area contributed by atoms with Gasteiger partial charge in [-0.3, -0.25) is 14.5 Å². The largest absolute Gasteiger partial charge is 0.381 e. The summed E-state index contributed by atoms with van der Waals surface area (Å²) < 4.78 is 7.14. The Hall–Kier alpha value is -2.44. The van der Waals surface area contributed by atoms with Crippen LogP contribution in [0.4, 0.5) is 0 Å². The Morgan fingerprint density at radius 3 is 2.37 bits per heavy atom. The molecular weight excluding hydrogens is 378 g/mol. The van der Waals surface area contributed by atoms with Crippen LogP contribution in [0.3, 0.4) is 0 Å². The van der Waals surface area contributed by atoms with Crippen molar-refractivity contribution in [3.8, 4) is 0 Å². The summed E-state index contributed by atoms with van der Waals surface area (Å²) in [4.78, 5) is 30.9. The molecule has 6 heteroatoms. The summed E-state index contributed by atoms with van der Waals surface area (Å²) >= 11 is 0. The van der Waals surface area contributed by atoms with Crippen LogP contribution in [0.1, 0.15) is 47.3 Å². The third-order valence-electron chi connectivity index (χ3n) is 6.55. The number of benzene rings is 1.